The van der Waals surface area contributed by atoms with Crippen molar-refractivity contribution in [3.63, 3.8) is 0 Å². The van der Waals surface area contributed by atoms with Gasteiger partial charge >= 0.3 is 0 Å². The molecular formula is C23H20FN3O4. The van der Waals surface area contributed by atoms with Gasteiger partial charge in [0.15, 0.2) is 12.0 Å². The monoisotopic (exact) mass is 421 g/mol. The first-order chi connectivity index (χ1) is 14.7. The van der Waals surface area contributed by atoms with Crippen molar-refractivity contribution < 1.29 is 13.9 Å². The first kappa shape index (κ1) is 20.3. The van der Waals surface area contributed by atoms with Crippen LogP contribution in [0.3, 0.4) is 0 Å². The number of benzene rings is 1. The lowest BCUT2D eigenvalue weighted by Gasteiger charge is -2.17. The van der Waals surface area contributed by atoms with E-state index in [4.69, 9.17) is 4.74 Å². The summed E-state index contributed by atoms with van der Waals surface area (Å²) >= 11 is 0. The number of pyridine rings is 2. The summed E-state index contributed by atoms with van der Waals surface area (Å²) in [5, 5.41) is 0.496. The molecular weight excluding hydrogens is 401 g/mol. The molecule has 4 aromatic rings. The smallest absolute Gasteiger partial charge is 0.274 e. The Morgan fingerprint density at radius 2 is 1.65 bits per heavy atom. The number of nitrogens with zero attached hydrogens (tertiary/aromatic N) is 2. The Morgan fingerprint density at radius 3 is 2.29 bits per heavy atom. The summed E-state index contributed by atoms with van der Waals surface area (Å²) in [6.07, 6.45) is 3.76. The summed E-state index contributed by atoms with van der Waals surface area (Å²) in [6.45, 7) is 3.47. The summed E-state index contributed by atoms with van der Waals surface area (Å²) < 4.78 is 22.7. The molecule has 0 unspecified atom stereocenters. The van der Waals surface area contributed by atoms with Crippen LogP contribution in [0.4, 0.5) is 4.39 Å². The molecule has 3 heterocycles. The van der Waals surface area contributed by atoms with Gasteiger partial charge in [-0.2, -0.15) is 0 Å². The van der Waals surface area contributed by atoms with Crippen molar-refractivity contribution in [2.45, 2.75) is 13.8 Å². The SMILES string of the molecule is Cc1cc(F)cc(C)c1Oc1cn(C)c(=O)cc1-c1cn(C)c(=O)c2[nH]c(C=O)cc12. The van der Waals surface area contributed by atoms with Gasteiger partial charge in [0.05, 0.1) is 11.9 Å². The highest BCUT2D eigenvalue weighted by Gasteiger charge is 2.19. The van der Waals surface area contributed by atoms with Gasteiger partial charge in [-0.1, -0.05) is 0 Å². The van der Waals surface area contributed by atoms with Crippen LogP contribution in [0.2, 0.25) is 0 Å². The minimum absolute atomic E-state index is 0.246. The summed E-state index contributed by atoms with van der Waals surface area (Å²) in [5.41, 5.74) is 2.13. The average Bonchev–Trinajstić information content (AvgIpc) is 3.15. The number of hydrogen-bond donors (Lipinski definition) is 1. The Balaban J connectivity index is 2.01. The van der Waals surface area contributed by atoms with E-state index in [2.05, 4.69) is 4.98 Å². The van der Waals surface area contributed by atoms with Crippen molar-refractivity contribution in [1.82, 2.24) is 14.1 Å². The topological polar surface area (TPSA) is 86.1 Å². The molecule has 0 fully saturated rings. The average molecular weight is 421 g/mol. The molecule has 7 nitrogen and oxygen atoms in total. The van der Waals surface area contributed by atoms with E-state index < -0.39 is 0 Å². The Labute approximate surface area is 176 Å². The second-order valence-corrected chi connectivity index (χ2v) is 7.56. The summed E-state index contributed by atoms with van der Waals surface area (Å²) in [7, 11) is 3.18. The van der Waals surface area contributed by atoms with Gasteiger partial charge in [-0.15, -0.1) is 0 Å². The zero-order chi connectivity index (χ0) is 22.4. The highest BCUT2D eigenvalue weighted by atomic mass is 19.1. The number of aromatic amines is 1. The molecule has 0 bridgehead atoms. The van der Waals surface area contributed by atoms with Crippen molar-refractivity contribution in [3.05, 3.63) is 80.0 Å². The zero-order valence-corrected chi connectivity index (χ0v) is 17.4. The number of H-pyrrole nitrogens is 1. The normalized spacial score (nSPS) is 11.1. The van der Waals surface area contributed by atoms with Crippen LogP contribution in [0.1, 0.15) is 21.6 Å². The highest BCUT2D eigenvalue weighted by molar-refractivity contribution is 5.99. The number of hydrogen-bond acceptors (Lipinski definition) is 4. The van der Waals surface area contributed by atoms with E-state index in [9.17, 15) is 18.8 Å². The predicted octanol–water partition coefficient (Wildman–Crippen LogP) is 3.59. The molecule has 3 aromatic heterocycles. The van der Waals surface area contributed by atoms with Crippen LogP contribution in [-0.4, -0.2) is 20.4 Å². The van der Waals surface area contributed by atoms with Crippen molar-refractivity contribution in [1.29, 1.82) is 0 Å². The molecule has 1 aromatic carbocycles. The number of aromatic nitrogens is 3. The van der Waals surface area contributed by atoms with Gasteiger partial charge in [-0.05, 0) is 43.2 Å². The molecule has 0 saturated carbocycles. The number of carbonyl (C=O) groups excluding carboxylic acids is 1. The maximum atomic E-state index is 13.7. The van der Waals surface area contributed by atoms with Crippen molar-refractivity contribution in [2.75, 3.05) is 0 Å². The maximum Gasteiger partial charge on any atom is 0.274 e. The summed E-state index contributed by atoms with van der Waals surface area (Å²) in [4.78, 5) is 39.1. The van der Waals surface area contributed by atoms with Crippen LogP contribution in [0, 0.1) is 19.7 Å². The second kappa shape index (κ2) is 7.39. The first-order valence-corrected chi connectivity index (χ1v) is 9.52. The Kier molecular flexibility index (Phi) is 4.85. The number of aldehydes is 1. The minimum atomic E-state index is -0.364. The maximum absolute atomic E-state index is 13.7. The first-order valence-electron chi connectivity index (χ1n) is 9.52. The molecule has 0 amide bonds. The number of aryl methyl sites for hydroxylation is 4. The molecule has 0 aliphatic carbocycles. The Bertz CT molecular complexity index is 1450. The lowest BCUT2D eigenvalue weighted by atomic mass is 10.0. The lowest BCUT2D eigenvalue weighted by molar-refractivity contribution is 0.112. The predicted molar refractivity (Wildman–Crippen MR) is 116 cm³/mol. The van der Waals surface area contributed by atoms with E-state index in [1.807, 2.05) is 0 Å². The van der Waals surface area contributed by atoms with Crippen LogP contribution < -0.4 is 15.9 Å². The number of carbonyl (C=O) groups is 1. The van der Waals surface area contributed by atoms with Gasteiger partial charge in [0, 0.05) is 42.9 Å². The molecule has 0 radical (unpaired) electrons. The third-order valence-corrected chi connectivity index (χ3v) is 5.23. The molecule has 0 aliphatic rings. The number of nitrogens with one attached hydrogen (secondary N) is 1. The van der Waals surface area contributed by atoms with Gasteiger partial charge in [0.2, 0.25) is 0 Å². The number of ether oxygens (including phenoxy) is 1. The minimum Gasteiger partial charge on any atom is -0.455 e. The standard InChI is InChI=1S/C23H20FN3O4/c1-12-5-14(24)6-13(2)22(12)31-19-10-26(3)20(29)8-16(19)18-9-27(4)23(30)21-17(18)7-15(11-28)25-21/h5-11,25H,1-4H3. The van der Waals surface area contributed by atoms with Crippen molar-refractivity contribution in [3.8, 4) is 22.6 Å². The van der Waals surface area contributed by atoms with Crippen LogP contribution in [0.5, 0.6) is 11.5 Å². The van der Waals surface area contributed by atoms with E-state index in [0.29, 0.717) is 45.4 Å². The van der Waals surface area contributed by atoms with Gasteiger partial charge in [-0.3, -0.25) is 14.4 Å². The quantitative estimate of drug-likeness (QED) is 0.510. The summed E-state index contributed by atoms with van der Waals surface area (Å²) in [6, 6.07) is 5.72. The van der Waals surface area contributed by atoms with E-state index in [1.165, 1.54) is 27.3 Å². The van der Waals surface area contributed by atoms with E-state index >= 15 is 0 Å². The third kappa shape index (κ3) is 3.46. The van der Waals surface area contributed by atoms with E-state index in [-0.39, 0.29) is 28.1 Å². The van der Waals surface area contributed by atoms with Crippen LogP contribution >= 0.6 is 0 Å². The fraction of sp³-hybridized carbons (Fsp3) is 0.174. The van der Waals surface area contributed by atoms with Crippen LogP contribution in [0.15, 0.2) is 46.2 Å². The Morgan fingerprint density at radius 1 is 0.968 bits per heavy atom. The zero-order valence-electron chi connectivity index (χ0n) is 17.4. The molecule has 4 rings (SSSR count). The number of halogens is 1. The molecule has 1 N–H and O–H groups in total. The largest absolute Gasteiger partial charge is 0.455 e. The van der Waals surface area contributed by atoms with Crippen LogP contribution in [-0.2, 0) is 14.1 Å². The van der Waals surface area contributed by atoms with E-state index in [0.717, 1.165) is 0 Å². The van der Waals surface area contributed by atoms with E-state index in [1.54, 1.807) is 46.4 Å². The number of rotatable bonds is 4. The third-order valence-electron chi connectivity index (χ3n) is 5.23. The van der Waals surface area contributed by atoms with Crippen molar-refractivity contribution >= 4 is 17.2 Å². The molecule has 31 heavy (non-hydrogen) atoms. The van der Waals surface area contributed by atoms with Crippen molar-refractivity contribution in [2.24, 2.45) is 14.1 Å². The number of fused-ring (bicyclic) bond motifs is 1. The van der Waals surface area contributed by atoms with Crippen LogP contribution in [0.25, 0.3) is 22.0 Å². The fourth-order valence-corrected chi connectivity index (χ4v) is 3.70. The lowest BCUT2D eigenvalue weighted by Crippen LogP contribution is -2.18. The molecule has 8 heteroatoms. The van der Waals surface area contributed by atoms with Gasteiger partial charge in [-0.25, -0.2) is 4.39 Å². The highest BCUT2D eigenvalue weighted by Crippen LogP contribution is 2.37. The summed E-state index contributed by atoms with van der Waals surface area (Å²) in [5.74, 6) is 0.468. The fourth-order valence-electron chi connectivity index (χ4n) is 3.70. The van der Waals surface area contributed by atoms with Gasteiger partial charge in [0.25, 0.3) is 11.1 Å². The van der Waals surface area contributed by atoms with Gasteiger partial charge in [0.1, 0.15) is 17.1 Å². The van der Waals surface area contributed by atoms with Gasteiger partial charge < -0.3 is 18.9 Å². The molecule has 158 valence electrons. The molecule has 0 atom stereocenters. The molecule has 0 spiro atoms. The molecule has 0 aliphatic heterocycles. The molecule has 0 saturated heterocycles. The second-order valence-electron chi connectivity index (χ2n) is 7.56. The Hall–Kier alpha value is -3.94.